The van der Waals surface area contributed by atoms with E-state index in [9.17, 15) is 17.3 Å². The van der Waals surface area contributed by atoms with Crippen molar-refractivity contribution in [2.24, 2.45) is 0 Å². The van der Waals surface area contributed by atoms with Crippen LogP contribution in [0.25, 0.3) is 0 Å². The zero-order valence-corrected chi connectivity index (χ0v) is 18.9. The Morgan fingerprint density at radius 3 is 1.19 bits per heavy atom. The van der Waals surface area contributed by atoms with Gasteiger partial charge in [-0.25, -0.2) is 0 Å². The molecule has 0 spiro atoms. The lowest BCUT2D eigenvalue weighted by Gasteiger charge is -2.24. The quantitative estimate of drug-likeness (QED) is 0.172. The van der Waals surface area contributed by atoms with E-state index in [4.69, 9.17) is 9.47 Å². The van der Waals surface area contributed by atoms with Crippen LogP contribution in [-0.4, -0.2) is 20.5 Å². The molecule has 8 heteroatoms. The molecule has 0 atom stereocenters. The molecule has 0 aliphatic rings. The lowest BCUT2D eigenvalue weighted by molar-refractivity contribution is 0.0477. The lowest BCUT2D eigenvalue weighted by atomic mass is 10.3. The van der Waals surface area contributed by atoms with Crippen LogP contribution in [0, 0.1) is 0 Å². The van der Waals surface area contributed by atoms with Crippen LogP contribution in [0.2, 0.25) is 0 Å². The largest absolute Gasteiger partial charge is 0.673 e. The van der Waals surface area contributed by atoms with Crippen molar-refractivity contribution in [1.29, 1.82) is 0 Å². The van der Waals surface area contributed by atoms with Gasteiger partial charge in [-0.15, -0.1) is 0 Å². The van der Waals surface area contributed by atoms with E-state index >= 15 is 0 Å². The number of benzene rings is 3. The molecule has 0 aliphatic carbocycles. The van der Waals surface area contributed by atoms with Gasteiger partial charge >= 0.3 is 13.2 Å². The third kappa shape index (κ3) is 7.42. The average molecular weight is 464 g/mol. The van der Waals surface area contributed by atoms with Crippen molar-refractivity contribution >= 4 is 30.4 Å². The highest BCUT2D eigenvalue weighted by Crippen LogP contribution is 2.57. The molecular weight excluding hydrogens is 438 g/mol. The van der Waals surface area contributed by atoms with Gasteiger partial charge in [-0.05, 0) is 50.2 Å². The minimum Gasteiger partial charge on any atom is -0.463 e. The zero-order chi connectivity index (χ0) is 23.5. The molecule has 0 N–H and O–H groups in total. The maximum atomic E-state index is 9.75. The highest BCUT2D eigenvalue weighted by atomic mass is 31.2. The summed E-state index contributed by atoms with van der Waals surface area (Å²) < 4.78 is 50.7. The fourth-order valence-electron chi connectivity index (χ4n) is 3.22. The first-order valence-electron chi connectivity index (χ1n) is 10.2. The normalized spacial score (nSPS) is 11.1. The number of hydrogen-bond donors (Lipinski definition) is 0. The summed E-state index contributed by atoms with van der Waals surface area (Å²) in [6.07, 6.45) is 0. The molecule has 0 heterocycles. The first-order valence-corrected chi connectivity index (χ1v) is 12.1. The van der Waals surface area contributed by atoms with Gasteiger partial charge < -0.3 is 26.7 Å². The van der Waals surface area contributed by atoms with Crippen LogP contribution < -0.4 is 15.9 Å². The molecule has 3 aromatic carbocycles. The van der Waals surface area contributed by atoms with Crippen LogP contribution in [0.3, 0.4) is 0 Å². The molecule has 0 unspecified atom stereocenters. The van der Waals surface area contributed by atoms with E-state index in [1.54, 1.807) is 0 Å². The van der Waals surface area contributed by atoms with Gasteiger partial charge in [-0.3, -0.25) is 0 Å². The van der Waals surface area contributed by atoms with Crippen molar-refractivity contribution in [3.05, 3.63) is 103 Å². The van der Waals surface area contributed by atoms with Crippen LogP contribution >= 0.6 is 7.26 Å². The van der Waals surface area contributed by atoms with Gasteiger partial charge in [0.15, 0.2) is 5.82 Å². The van der Waals surface area contributed by atoms with Crippen molar-refractivity contribution in [3.8, 4) is 0 Å². The van der Waals surface area contributed by atoms with Crippen molar-refractivity contribution in [3.63, 3.8) is 0 Å². The summed E-state index contributed by atoms with van der Waals surface area (Å²) in [5.74, 6) is 2.82. The maximum absolute atomic E-state index is 9.75. The topological polar surface area (TPSA) is 18.5 Å². The molecule has 0 saturated carbocycles. The number of halogens is 4. The summed E-state index contributed by atoms with van der Waals surface area (Å²) in [5.41, 5.74) is 0. The lowest BCUT2D eigenvalue weighted by Crippen LogP contribution is -2.30. The maximum Gasteiger partial charge on any atom is 0.673 e. The predicted molar refractivity (Wildman–Crippen MR) is 127 cm³/mol. The summed E-state index contributed by atoms with van der Waals surface area (Å²) in [6, 6.07) is 32.0. The fourth-order valence-corrected chi connectivity index (χ4v) is 6.95. The van der Waals surface area contributed by atoms with E-state index in [0.717, 1.165) is 0 Å². The third-order valence-electron chi connectivity index (χ3n) is 4.36. The van der Waals surface area contributed by atoms with Crippen LogP contribution in [0.15, 0.2) is 103 Å². The summed E-state index contributed by atoms with van der Waals surface area (Å²) in [5, 5.41) is 3.83. The molecule has 0 fully saturated rings. The molecule has 32 heavy (non-hydrogen) atoms. The molecule has 0 radical (unpaired) electrons. The Morgan fingerprint density at radius 2 is 0.938 bits per heavy atom. The van der Waals surface area contributed by atoms with Gasteiger partial charge in [-0.2, -0.15) is 0 Å². The number of ether oxygens (including phenoxy) is 2. The van der Waals surface area contributed by atoms with E-state index in [-0.39, 0.29) is 0 Å². The van der Waals surface area contributed by atoms with Crippen molar-refractivity contribution in [1.82, 2.24) is 0 Å². The minimum atomic E-state index is -6.00. The van der Waals surface area contributed by atoms with Crippen LogP contribution in [0.5, 0.6) is 0 Å². The summed E-state index contributed by atoms with van der Waals surface area (Å²) >= 11 is 0. The number of rotatable bonds is 8. The Bertz CT molecular complexity index is 841. The van der Waals surface area contributed by atoms with Crippen molar-refractivity contribution in [2.75, 3.05) is 13.2 Å². The smallest absolute Gasteiger partial charge is 0.463 e. The van der Waals surface area contributed by atoms with Crippen molar-refractivity contribution in [2.45, 2.75) is 13.8 Å². The monoisotopic (exact) mass is 464 g/mol. The standard InChI is InChI=1S/C24H26O2P.BF4/c1-3-25-24(26-4-2)20-27(21-14-8-5-9-15-21,22-16-10-6-11-17-22)23-18-12-7-13-19-23;2-1(3,4)5/h5-20H,3-4H2,1-2H3;/q+1;-1. The Hall–Kier alpha value is -2.79. The second-order valence-electron chi connectivity index (χ2n) is 6.54. The Labute approximate surface area is 187 Å². The van der Waals surface area contributed by atoms with E-state index in [0.29, 0.717) is 19.2 Å². The van der Waals surface area contributed by atoms with Crippen LogP contribution in [-0.2, 0) is 9.47 Å². The zero-order valence-electron chi connectivity index (χ0n) is 18.0. The van der Waals surface area contributed by atoms with Gasteiger partial charge in [0.05, 0.1) is 13.2 Å². The van der Waals surface area contributed by atoms with Gasteiger partial charge in [0.25, 0.3) is 0 Å². The Kier molecular flexibility index (Phi) is 9.79. The van der Waals surface area contributed by atoms with E-state index in [1.807, 2.05) is 13.8 Å². The molecule has 0 saturated heterocycles. The third-order valence-corrected chi connectivity index (χ3v) is 8.30. The molecule has 0 aromatic heterocycles. The molecule has 3 aromatic rings. The van der Waals surface area contributed by atoms with Crippen molar-refractivity contribution < 1.29 is 26.7 Å². The Balaban J connectivity index is 0.000000654. The molecule has 2 nitrogen and oxygen atoms in total. The summed E-state index contributed by atoms with van der Waals surface area (Å²) in [4.78, 5) is 0. The van der Waals surface area contributed by atoms with Gasteiger partial charge in [0.2, 0.25) is 0 Å². The second kappa shape index (κ2) is 12.3. The first-order chi connectivity index (χ1) is 15.3. The molecule has 0 aliphatic heterocycles. The SMILES string of the molecule is CCOC(=C[P+](c1ccccc1)(c1ccccc1)c1ccccc1)OCC.F[B-](F)(F)F. The second-order valence-corrected chi connectivity index (χ2v) is 9.79. The first kappa shape index (κ1) is 25.5. The van der Waals surface area contributed by atoms with Crippen LogP contribution in [0.4, 0.5) is 17.3 Å². The molecular formula is C24H26BF4O2P. The average Bonchev–Trinajstić information content (AvgIpc) is 2.78. The van der Waals surface area contributed by atoms with E-state index in [1.165, 1.54) is 15.9 Å². The summed E-state index contributed by atoms with van der Waals surface area (Å²) in [7, 11) is -8.08. The van der Waals surface area contributed by atoms with E-state index in [2.05, 4.69) is 96.8 Å². The highest BCUT2D eigenvalue weighted by molar-refractivity contribution is 7.98. The fraction of sp³-hybridized carbons (Fsp3) is 0.167. The molecule has 3 rings (SSSR count). The van der Waals surface area contributed by atoms with Gasteiger partial charge in [0, 0.05) is 0 Å². The van der Waals surface area contributed by atoms with Gasteiger partial charge in [0.1, 0.15) is 23.2 Å². The van der Waals surface area contributed by atoms with E-state index < -0.39 is 14.5 Å². The van der Waals surface area contributed by atoms with Crippen LogP contribution in [0.1, 0.15) is 13.8 Å². The summed E-state index contributed by atoms with van der Waals surface area (Å²) in [6.45, 7) is 5.12. The Morgan fingerprint density at radius 1 is 0.656 bits per heavy atom. The minimum absolute atomic E-state index is 0.574. The molecule has 170 valence electrons. The predicted octanol–water partition coefficient (Wildman–Crippen LogP) is 6.15. The molecule has 0 amide bonds. The van der Waals surface area contributed by atoms with Gasteiger partial charge in [-0.1, -0.05) is 54.6 Å². The molecule has 0 bridgehead atoms. The highest BCUT2D eigenvalue weighted by Gasteiger charge is 2.45. The number of hydrogen-bond acceptors (Lipinski definition) is 2.